The fourth-order valence-corrected chi connectivity index (χ4v) is 5.28. The highest BCUT2D eigenvalue weighted by Gasteiger charge is 1.99. The monoisotopic (exact) mass is 544 g/mol. The Morgan fingerprint density at radius 3 is 0.824 bits per heavy atom. The number of carbonyl (C=O) groups is 1. The summed E-state index contributed by atoms with van der Waals surface area (Å²) in [5.41, 5.74) is 0. The van der Waals surface area contributed by atoms with Crippen molar-refractivity contribution in [1.82, 2.24) is 0 Å². The van der Waals surface area contributed by atoms with Gasteiger partial charge in [-0.05, 0) is 12.8 Å². The molecule has 204 valence electrons. The number of unbranched alkanes of at least 4 members (excludes halogenated alkanes) is 26. The van der Waals surface area contributed by atoms with Gasteiger partial charge in [-0.15, -0.1) is 0 Å². The van der Waals surface area contributed by atoms with Gasteiger partial charge in [0, 0.05) is 11.8 Å². The van der Waals surface area contributed by atoms with Crippen LogP contribution in [0.2, 0.25) is 0 Å². The number of hydrogen-bond acceptors (Lipinski definition) is 2. The molecule has 0 aliphatic carbocycles. The molecule has 0 unspecified atom stereocenters. The number of carbonyl (C=O) groups excluding carboxylic acids is 1. The summed E-state index contributed by atoms with van der Waals surface area (Å²) in [7, 11) is 1.48. The molecule has 0 fully saturated rings. The Hall–Kier alpha value is -0.0500. The number of rotatable bonds is 29. The third-order valence-electron chi connectivity index (χ3n) is 7.24. The number of hydrogen-bond donors (Lipinski definition) is 0. The van der Waals surface area contributed by atoms with Gasteiger partial charge in [0.25, 0.3) is 0 Å². The predicted octanol–water partition coefficient (Wildman–Crippen LogP) is 11.5. The Kier molecular flexibility index (Phi) is 30.9. The smallest absolute Gasteiger partial charge is 0.305 e. The van der Waals surface area contributed by atoms with Crippen LogP contribution in [0.25, 0.3) is 0 Å². The number of alkyl halides is 1. The van der Waals surface area contributed by atoms with Gasteiger partial charge in [0.1, 0.15) is 0 Å². The molecule has 0 spiro atoms. The second kappa shape index (κ2) is 31.0. The summed E-state index contributed by atoms with van der Waals surface area (Å²) in [6.45, 7) is 0. The zero-order valence-corrected chi connectivity index (χ0v) is 24.8. The van der Waals surface area contributed by atoms with Crippen molar-refractivity contribution < 1.29 is 9.53 Å². The minimum absolute atomic E-state index is 0.0611. The van der Waals surface area contributed by atoms with Gasteiger partial charge in [-0.1, -0.05) is 176 Å². The molecule has 0 aromatic carbocycles. The van der Waals surface area contributed by atoms with Gasteiger partial charge in [0.2, 0.25) is 0 Å². The van der Waals surface area contributed by atoms with Crippen molar-refractivity contribution in [2.24, 2.45) is 0 Å². The van der Waals surface area contributed by atoms with Gasteiger partial charge < -0.3 is 4.74 Å². The van der Waals surface area contributed by atoms with Crippen molar-refractivity contribution in [3.8, 4) is 0 Å². The molecule has 0 atom stereocenters. The Morgan fingerprint density at radius 1 is 0.412 bits per heavy atom. The SMILES string of the molecule is COC(=O)CCCCCCCCCCCCCCCCCCCCCCCCCCCCCBr. The summed E-state index contributed by atoms with van der Waals surface area (Å²) in [5.74, 6) is -0.0611. The zero-order chi connectivity index (χ0) is 24.8. The Labute approximate surface area is 223 Å². The summed E-state index contributed by atoms with van der Waals surface area (Å²) in [5, 5.41) is 1.18. The molecule has 3 heteroatoms. The summed E-state index contributed by atoms with van der Waals surface area (Å²) in [6, 6.07) is 0. The summed E-state index contributed by atoms with van der Waals surface area (Å²) in [6.07, 6.45) is 38.6. The normalized spacial score (nSPS) is 11.2. The molecule has 0 saturated heterocycles. The summed E-state index contributed by atoms with van der Waals surface area (Å²) in [4.78, 5) is 11.0. The summed E-state index contributed by atoms with van der Waals surface area (Å²) < 4.78 is 4.67. The van der Waals surface area contributed by atoms with E-state index in [1.165, 1.54) is 179 Å². The first kappa shape index (κ1) is 34.0. The van der Waals surface area contributed by atoms with E-state index in [9.17, 15) is 4.79 Å². The third-order valence-corrected chi connectivity index (χ3v) is 7.80. The molecular formula is C31H61BrO2. The highest BCUT2D eigenvalue weighted by Crippen LogP contribution is 2.16. The third kappa shape index (κ3) is 30.0. The quantitative estimate of drug-likeness (QED) is 0.0531. The summed E-state index contributed by atoms with van der Waals surface area (Å²) >= 11 is 3.51. The van der Waals surface area contributed by atoms with Gasteiger partial charge in [-0.3, -0.25) is 4.79 Å². The Morgan fingerprint density at radius 2 is 0.618 bits per heavy atom. The molecule has 0 N–H and O–H groups in total. The Bertz CT molecular complexity index is 386. The van der Waals surface area contributed by atoms with Crippen LogP contribution in [-0.4, -0.2) is 18.4 Å². The molecule has 34 heavy (non-hydrogen) atoms. The standard InChI is InChI=1S/C31H61BrO2/c1-34-31(33)29-27-25-23-21-19-17-15-13-11-9-7-5-3-2-4-6-8-10-12-14-16-18-20-22-24-26-28-30-32/h2-30H2,1H3. The van der Waals surface area contributed by atoms with Crippen LogP contribution in [0.3, 0.4) is 0 Å². The lowest BCUT2D eigenvalue weighted by Gasteiger charge is -2.04. The van der Waals surface area contributed by atoms with E-state index in [0.29, 0.717) is 6.42 Å². The molecule has 0 radical (unpaired) electrons. The van der Waals surface area contributed by atoms with Crippen LogP contribution in [0.4, 0.5) is 0 Å². The van der Waals surface area contributed by atoms with Crippen LogP contribution in [0.5, 0.6) is 0 Å². The average molecular weight is 546 g/mol. The highest BCUT2D eigenvalue weighted by molar-refractivity contribution is 9.09. The average Bonchev–Trinajstić information content (AvgIpc) is 2.85. The molecule has 0 saturated carbocycles. The van der Waals surface area contributed by atoms with Gasteiger partial charge in [0.05, 0.1) is 7.11 Å². The van der Waals surface area contributed by atoms with Crippen LogP contribution in [0, 0.1) is 0 Å². The Balaban J connectivity index is 3.02. The molecule has 0 aliphatic rings. The lowest BCUT2D eigenvalue weighted by molar-refractivity contribution is -0.140. The molecule has 0 rings (SSSR count). The topological polar surface area (TPSA) is 26.3 Å². The first-order valence-corrected chi connectivity index (χ1v) is 16.6. The molecule has 0 heterocycles. The van der Waals surface area contributed by atoms with E-state index in [4.69, 9.17) is 0 Å². The maximum atomic E-state index is 11.0. The minimum atomic E-state index is -0.0611. The van der Waals surface area contributed by atoms with E-state index in [-0.39, 0.29) is 5.97 Å². The highest BCUT2D eigenvalue weighted by atomic mass is 79.9. The number of ether oxygens (including phenoxy) is 1. The van der Waals surface area contributed by atoms with Crippen molar-refractivity contribution in [1.29, 1.82) is 0 Å². The minimum Gasteiger partial charge on any atom is -0.469 e. The lowest BCUT2D eigenvalue weighted by Crippen LogP contribution is -1.99. The van der Waals surface area contributed by atoms with Crippen molar-refractivity contribution in [3.63, 3.8) is 0 Å². The molecule has 0 aliphatic heterocycles. The van der Waals surface area contributed by atoms with Crippen LogP contribution >= 0.6 is 15.9 Å². The predicted molar refractivity (Wildman–Crippen MR) is 155 cm³/mol. The number of esters is 1. The van der Waals surface area contributed by atoms with Gasteiger partial charge in [-0.2, -0.15) is 0 Å². The van der Waals surface area contributed by atoms with Gasteiger partial charge in [-0.25, -0.2) is 0 Å². The van der Waals surface area contributed by atoms with E-state index < -0.39 is 0 Å². The van der Waals surface area contributed by atoms with Crippen molar-refractivity contribution in [3.05, 3.63) is 0 Å². The maximum absolute atomic E-state index is 11.0. The van der Waals surface area contributed by atoms with Crippen molar-refractivity contribution in [2.45, 2.75) is 180 Å². The largest absolute Gasteiger partial charge is 0.469 e. The van der Waals surface area contributed by atoms with E-state index in [1.807, 2.05) is 0 Å². The molecule has 0 amide bonds. The lowest BCUT2D eigenvalue weighted by atomic mass is 10.0. The van der Waals surface area contributed by atoms with E-state index in [2.05, 4.69) is 20.7 Å². The second-order valence-corrected chi connectivity index (χ2v) is 11.4. The number of methoxy groups -OCH3 is 1. The zero-order valence-electron chi connectivity index (χ0n) is 23.2. The molecule has 0 bridgehead atoms. The number of halogens is 1. The second-order valence-electron chi connectivity index (χ2n) is 10.6. The van der Waals surface area contributed by atoms with Crippen molar-refractivity contribution >= 4 is 21.9 Å². The fraction of sp³-hybridized carbons (Fsp3) is 0.968. The van der Waals surface area contributed by atoms with Crippen LogP contribution in [0.15, 0.2) is 0 Å². The molecular weight excluding hydrogens is 484 g/mol. The van der Waals surface area contributed by atoms with Gasteiger partial charge >= 0.3 is 5.97 Å². The maximum Gasteiger partial charge on any atom is 0.305 e. The van der Waals surface area contributed by atoms with Crippen LogP contribution < -0.4 is 0 Å². The van der Waals surface area contributed by atoms with Gasteiger partial charge in [0.15, 0.2) is 0 Å². The first-order chi connectivity index (χ1) is 16.8. The fourth-order valence-electron chi connectivity index (χ4n) is 4.89. The molecule has 0 aromatic rings. The van der Waals surface area contributed by atoms with E-state index in [1.54, 1.807) is 0 Å². The molecule has 2 nitrogen and oxygen atoms in total. The first-order valence-electron chi connectivity index (χ1n) is 15.4. The van der Waals surface area contributed by atoms with Crippen LogP contribution in [-0.2, 0) is 9.53 Å². The van der Waals surface area contributed by atoms with E-state index in [0.717, 1.165) is 6.42 Å². The van der Waals surface area contributed by atoms with Crippen molar-refractivity contribution in [2.75, 3.05) is 12.4 Å². The molecule has 0 aromatic heterocycles. The van der Waals surface area contributed by atoms with Crippen LogP contribution in [0.1, 0.15) is 180 Å². The van der Waals surface area contributed by atoms with E-state index >= 15 is 0 Å².